The maximum atomic E-state index is 11.4. The van der Waals surface area contributed by atoms with Gasteiger partial charge in [-0.25, -0.2) is 0 Å². The molecule has 0 bridgehead atoms. The van der Waals surface area contributed by atoms with Crippen molar-refractivity contribution in [2.24, 2.45) is 0 Å². The fourth-order valence-electron chi connectivity index (χ4n) is 1.71. The van der Waals surface area contributed by atoms with Crippen LogP contribution < -0.4 is 4.74 Å². The molecule has 1 aromatic heterocycles. The Balaban J connectivity index is 1.94. The van der Waals surface area contributed by atoms with Gasteiger partial charge in [0.15, 0.2) is 5.06 Å². The van der Waals surface area contributed by atoms with Crippen molar-refractivity contribution in [2.75, 3.05) is 0 Å². The largest absolute Gasteiger partial charge is 0.415 e. The molecule has 0 aliphatic heterocycles. The monoisotopic (exact) mass is 254 g/mol. The molecule has 17 heavy (non-hydrogen) atoms. The van der Waals surface area contributed by atoms with Gasteiger partial charge in [-0.05, 0) is 23.9 Å². The Morgan fingerprint density at radius 2 is 1.88 bits per heavy atom. The molecule has 2 nitrogen and oxygen atoms in total. The Morgan fingerprint density at radius 3 is 2.53 bits per heavy atom. The first-order chi connectivity index (χ1) is 8.33. The molecule has 3 heteroatoms. The molecule has 1 heterocycles. The van der Waals surface area contributed by atoms with Crippen LogP contribution in [0.15, 0.2) is 17.5 Å². The van der Waals surface area contributed by atoms with Crippen molar-refractivity contribution >= 4 is 17.3 Å². The van der Waals surface area contributed by atoms with E-state index in [1.165, 1.54) is 43.4 Å². The number of carbonyl (C=O) groups excluding carboxylic acids is 1. The van der Waals surface area contributed by atoms with E-state index in [4.69, 9.17) is 4.74 Å². The fourth-order valence-corrected chi connectivity index (χ4v) is 2.30. The number of unbranched alkanes of at least 4 members (excludes halogenated alkanes) is 6. The summed E-state index contributed by atoms with van der Waals surface area (Å²) >= 11 is 1.46. The number of rotatable bonds is 9. The molecule has 0 radical (unpaired) electrons. The standard InChI is InChI=1S/C14H22O2S/c1-2-3-4-5-6-7-8-10-13(15)16-14-11-9-12-17-14/h9,11-12H,2-8,10H2,1H3. The molecule has 96 valence electrons. The molecule has 0 aromatic carbocycles. The molecule has 0 atom stereocenters. The van der Waals surface area contributed by atoms with Crippen LogP contribution in [0.2, 0.25) is 0 Å². The van der Waals surface area contributed by atoms with Crippen molar-refractivity contribution in [1.82, 2.24) is 0 Å². The summed E-state index contributed by atoms with van der Waals surface area (Å²) in [6.45, 7) is 2.22. The van der Waals surface area contributed by atoms with E-state index in [2.05, 4.69) is 6.92 Å². The molecule has 0 saturated carbocycles. The van der Waals surface area contributed by atoms with Crippen LogP contribution in [0.5, 0.6) is 5.06 Å². The average Bonchev–Trinajstić information content (AvgIpc) is 2.80. The van der Waals surface area contributed by atoms with E-state index in [9.17, 15) is 4.79 Å². The van der Waals surface area contributed by atoms with E-state index < -0.39 is 0 Å². The van der Waals surface area contributed by atoms with Crippen molar-refractivity contribution in [3.05, 3.63) is 17.5 Å². The van der Waals surface area contributed by atoms with Gasteiger partial charge in [0.25, 0.3) is 0 Å². The van der Waals surface area contributed by atoms with Gasteiger partial charge in [0.2, 0.25) is 0 Å². The highest BCUT2D eigenvalue weighted by molar-refractivity contribution is 7.11. The van der Waals surface area contributed by atoms with Gasteiger partial charge in [-0.15, -0.1) is 11.3 Å². The van der Waals surface area contributed by atoms with Crippen molar-refractivity contribution in [3.8, 4) is 5.06 Å². The fraction of sp³-hybridized carbons (Fsp3) is 0.643. The average molecular weight is 254 g/mol. The molecule has 0 unspecified atom stereocenters. The minimum atomic E-state index is -0.0963. The molecular formula is C14H22O2S. The summed E-state index contributed by atoms with van der Waals surface area (Å²) in [6.07, 6.45) is 9.13. The predicted molar refractivity (Wildman–Crippen MR) is 72.6 cm³/mol. The molecule has 0 aliphatic rings. The van der Waals surface area contributed by atoms with Gasteiger partial charge in [0.05, 0.1) is 0 Å². The highest BCUT2D eigenvalue weighted by Gasteiger charge is 2.04. The summed E-state index contributed by atoms with van der Waals surface area (Å²) in [5, 5.41) is 2.62. The lowest BCUT2D eigenvalue weighted by Gasteiger charge is -2.02. The molecule has 0 fully saturated rings. The Labute approximate surface area is 108 Å². The lowest BCUT2D eigenvalue weighted by Crippen LogP contribution is -2.06. The summed E-state index contributed by atoms with van der Waals surface area (Å²) in [6, 6.07) is 3.72. The van der Waals surface area contributed by atoms with Crippen molar-refractivity contribution in [2.45, 2.75) is 58.3 Å². The van der Waals surface area contributed by atoms with Crippen LogP contribution in [0.4, 0.5) is 0 Å². The second kappa shape index (κ2) is 9.23. The smallest absolute Gasteiger partial charge is 0.311 e. The van der Waals surface area contributed by atoms with E-state index in [1.807, 2.05) is 17.5 Å². The summed E-state index contributed by atoms with van der Waals surface area (Å²) in [5.41, 5.74) is 0. The first-order valence-electron chi connectivity index (χ1n) is 6.57. The quantitative estimate of drug-likeness (QED) is 0.467. The third kappa shape index (κ3) is 7.16. The van der Waals surface area contributed by atoms with Crippen LogP contribution in [0.25, 0.3) is 0 Å². The Hall–Kier alpha value is -0.830. The lowest BCUT2D eigenvalue weighted by atomic mass is 10.1. The topological polar surface area (TPSA) is 26.3 Å². The number of hydrogen-bond donors (Lipinski definition) is 0. The predicted octanol–water partition coefficient (Wildman–Crippen LogP) is 4.79. The van der Waals surface area contributed by atoms with E-state index in [-0.39, 0.29) is 5.97 Å². The van der Waals surface area contributed by atoms with Gasteiger partial charge >= 0.3 is 5.97 Å². The zero-order valence-corrected chi connectivity index (χ0v) is 11.4. The third-order valence-electron chi connectivity index (χ3n) is 2.69. The maximum Gasteiger partial charge on any atom is 0.311 e. The normalized spacial score (nSPS) is 10.4. The summed E-state index contributed by atoms with van der Waals surface area (Å²) in [5.74, 6) is -0.0963. The van der Waals surface area contributed by atoms with Gasteiger partial charge in [0.1, 0.15) is 0 Å². The number of hydrogen-bond acceptors (Lipinski definition) is 3. The van der Waals surface area contributed by atoms with Crippen LogP contribution in [-0.2, 0) is 4.79 Å². The number of ether oxygens (including phenoxy) is 1. The van der Waals surface area contributed by atoms with Crippen LogP contribution >= 0.6 is 11.3 Å². The van der Waals surface area contributed by atoms with Gasteiger partial charge in [-0.1, -0.05) is 45.4 Å². The first kappa shape index (κ1) is 14.2. The van der Waals surface area contributed by atoms with Gasteiger partial charge in [-0.2, -0.15) is 0 Å². The number of esters is 1. The first-order valence-corrected chi connectivity index (χ1v) is 7.45. The van der Waals surface area contributed by atoms with E-state index in [0.29, 0.717) is 11.5 Å². The highest BCUT2D eigenvalue weighted by atomic mass is 32.1. The Morgan fingerprint density at radius 1 is 1.18 bits per heavy atom. The number of thiophene rings is 1. The van der Waals surface area contributed by atoms with E-state index >= 15 is 0 Å². The minimum absolute atomic E-state index is 0.0963. The zero-order valence-electron chi connectivity index (χ0n) is 10.6. The molecule has 1 aromatic rings. The highest BCUT2D eigenvalue weighted by Crippen LogP contribution is 2.19. The van der Waals surface area contributed by atoms with Crippen LogP contribution in [0.1, 0.15) is 58.3 Å². The Kier molecular flexibility index (Phi) is 7.72. The van der Waals surface area contributed by atoms with Crippen LogP contribution in [-0.4, -0.2) is 5.97 Å². The van der Waals surface area contributed by atoms with Gasteiger partial charge in [-0.3, -0.25) is 4.79 Å². The molecule has 0 N–H and O–H groups in total. The summed E-state index contributed by atoms with van der Waals surface area (Å²) < 4.78 is 5.18. The summed E-state index contributed by atoms with van der Waals surface area (Å²) in [7, 11) is 0. The molecule has 0 aliphatic carbocycles. The lowest BCUT2D eigenvalue weighted by molar-refractivity contribution is -0.134. The minimum Gasteiger partial charge on any atom is -0.415 e. The van der Waals surface area contributed by atoms with Crippen molar-refractivity contribution in [3.63, 3.8) is 0 Å². The van der Waals surface area contributed by atoms with E-state index in [1.54, 1.807) is 0 Å². The second-order valence-electron chi connectivity index (χ2n) is 4.28. The third-order valence-corrected chi connectivity index (χ3v) is 3.44. The van der Waals surface area contributed by atoms with Crippen LogP contribution in [0.3, 0.4) is 0 Å². The Bertz CT molecular complexity index is 293. The molecule has 1 rings (SSSR count). The molecule has 0 saturated heterocycles. The SMILES string of the molecule is CCCCCCCCCC(=O)Oc1cccs1. The van der Waals surface area contributed by atoms with Crippen molar-refractivity contribution in [1.29, 1.82) is 0 Å². The summed E-state index contributed by atoms with van der Waals surface area (Å²) in [4.78, 5) is 11.4. The molecule has 0 amide bonds. The maximum absolute atomic E-state index is 11.4. The zero-order chi connectivity index (χ0) is 12.3. The van der Waals surface area contributed by atoms with E-state index in [0.717, 1.165) is 12.8 Å². The molecular weight excluding hydrogens is 232 g/mol. The van der Waals surface area contributed by atoms with Gasteiger partial charge in [0, 0.05) is 6.42 Å². The van der Waals surface area contributed by atoms with Crippen molar-refractivity contribution < 1.29 is 9.53 Å². The number of carbonyl (C=O) groups is 1. The van der Waals surface area contributed by atoms with Gasteiger partial charge < -0.3 is 4.74 Å². The molecule has 0 spiro atoms. The van der Waals surface area contributed by atoms with Crippen LogP contribution in [0, 0.1) is 0 Å². The second-order valence-corrected chi connectivity index (χ2v) is 5.19.